The van der Waals surface area contributed by atoms with E-state index in [1.54, 1.807) is 37.3 Å². The van der Waals surface area contributed by atoms with Crippen LogP contribution in [0.1, 0.15) is 10.4 Å². The molecule has 104 valence electrons. The molecule has 4 nitrogen and oxygen atoms in total. The number of nitrogen functional groups attached to an aromatic ring is 1. The minimum atomic E-state index is -0.159. The quantitative estimate of drug-likeness (QED) is 0.876. The molecule has 0 aliphatic heterocycles. The molecule has 0 atom stereocenters. The Labute approximate surface area is 126 Å². The highest BCUT2D eigenvalue weighted by molar-refractivity contribution is 9.10. The van der Waals surface area contributed by atoms with Crippen molar-refractivity contribution in [1.29, 1.82) is 0 Å². The minimum Gasteiger partial charge on any atom is -0.495 e. The average Bonchev–Trinajstić information content (AvgIpc) is 2.48. The number of benzene rings is 2. The summed E-state index contributed by atoms with van der Waals surface area (Å²) in [5, 5.41) is 0. The lowest BCUT2D eigenvalue weighted by molar-refractivity contribution is 0.0991. The van der Waals surface area contributed by atoms with Gasteiger partial charge in [0.15, 0.2) is 0 Å². The molecule has 0 spiro atoms. The van der Waals surface area contributed by atoms with Gasteiger partial charge < -0.3 is 15.4 Å². The van der Waals surface area contributed by atoms with E-state index in [0.29, 0.717) is 27.2 Å². The number of halogens is 1. The van der Waals surface area contributed by atoms with Crippen LogP contribution in [0.3, 0.4) is 0 Å². The first kappa shape index (κ1) is 14.4. The van der Waals surface area contributed by atoms with E-state index < -0.39 is 0 Å². The second-order valence-corrected chi connectivity index (χ2v) is 5.13. The van der Waals surface area contributed by atoms with Crippen molar-refractivity contribution in [3.8, 4) is 5.75 Å². The van der Waals surface area contributed by atoms with E-state index in [9.17, 15) is 4.79 Å². The van der Waals surface area contributed by atoms with Crippen molar-refractivity contribution in [1.82, 2.24) is 0 Å². The molecule has 0 aliphatic rings. The molecule has 2 N–H and O–H groups in total. The van der Waals surface area contributed by atoms with Gasteiger partial charge in [0.1, 0.15) is 5.75 Å². The third-order valence-electron chi connectivity index (χ3n) is 2.97. The van der Waals surface area contributed by atoms with Gasteiger partial charge in [-0.2, -0.15) is 0 Å². The van der Waals surface area contributed by atoms with Crippen LogP contribution in [0.5, 0.6) is 5.75 Å². The molecule has 2 rings (SSSR count). The van der Waals surface area contributed by atoms with Gasteiger partial charge in [-0.15, -0.1) is 0 Å². The summed E-state index contributed by atoms with van der Waals surface area (Å²) >= 11 is 3.37. The molecule has 0 radical (unpaired) electrons. The smallest absolute Gasteiger partial charge is 0.259 e. The number of anilines is 2. The predicted octanol–water partition coefficient (Wildman–Crippen LogP) is 3.32. The van der Waals surface area contributed by atoms with Gasteiger partial charge in [0.2, 0.25) is 0 Å². The summed E-state index contributed by atoms with van der Waals surface area (Å²) in [5.41, 5.74) is 7.51. The van der Waals surface area contributed by atoms with Crippen molar-refractivity contribution in [2.45, 2.75) is 0 Å². The van der Waals surface area contributed by atoms with Crippen LogP contribution in [0.4, 0.5) is 11.4 Å². The lowest BCUT2D eigenvalue weighted by Gasteiger charge is -2.20. The Kier molecular flexibility index (Phi) is 4.29. The van der Waals surface area contributed by atoms with Crippen molar-refractivity contribution in [2.75, 3.05) is 24.8 Å². The third-order valence-corrected chi connectivity index (χ3v) is 3.66. The van der Waals surface area contributed by atoms with Crippen molar-refractivity contribution in [3.05, 3.63) is 52.5 Å². The number of rotatable bonds is 3. The topological polar surface area (TPSA) is 55.6 Å². The van der Waals surface area contributed by atoms with Gasteiger partial charge in [-0.3, -0.25) is 4.79 Å². The van der Waals surface area contributed by atoms with Crippen molar-refractivity contribution < 1.29 is 9.53 Å². The fourth-order valence-electron chi connectivity index (χ4n) is 1.90. The zero-order valence-corrected chi connectivity index (χ0v) is 12.8. The van der Waals surface area contributed by atoms with Crippen molar-refractivity contribution in [2.24, 2.45) is 0 Å². The van der Waals surface area contributed by atoms with Crippen LogP contribution in [0.15, 0.2) is 46.9 Å². The first-order chi connectivity index (χ1) is 9.54. The molecule has 2 aromatic carbocycles. The summed E-state index contributed by atoms with van der Waals surface area (Å²) in [5.74, 6) is 0.483. The minimum absolute atomic E-state index is 0.159. The molecule has 5 heteroatoms. The van der Waals surface area contributed by atoms with Crippen LogP contribution in [0.2, 0.25) is 0 Å². The van der Waals surface area contributed by atoms with E-state index in [2.05, 4.69) is 15.9 Å². The predicted molar refractivity (Wildman–Crippen MR) is 84.3 cm³/mol. The Morgan fingerprint density at radius 1 is 1.25 bits per heavy atom. The number of carbonyl (C=O) groups is 1. The molecule has 0 unspecified atom stereocenters. The molecule has 0 saturated carbocycles. The highest BCUT2D eigenvalue weighted by Crippen LogP contribution is 2.29. The van der Waals surface area contributed by atoms with Gasteiger partial charge >= 0.3 is 0 Å². The first-order valence-corrected chi connectivity index (χ1v) is 6.80. The molecule has 1 amide bonds. The lowest BCUT2D eigenvalue weighted by atomic mass is 10.1. The molecule has 0 heterocycles. The summed E-state index contributed by atoms with van der Waals surface area (Å²) in [6.07, 6.45) is 0. The zero-order chi connectivity index (χ0) is 14.7. The molecule has 2 aromatic rings. The Morgan fingerprint density at radius 3 is 2.65 bits per heavy atom. The number of para-hydroxylation sites is 2. The van der Waals surface area contributed by atoms with E-state index in [1.165, 1.54) is 0 Å². The van der Waals surface area contributed by atoms with Crippen molar-refractivity contribution in [3.63, 3.8) is 0 Å². The standard InChI is InChI=1S/C15H15BrN2O2/c1-18(13-5-3-4-6-14(13)20-2)15(19)11-9-10(17)7-8-12(11)16/h3-9H,17H2,1-2H3. The number of hydrogen-bond acceptors (Lipinski definition) is 3. The number of nitrogens with two attached hydrogens (primary N) is 1. The van der Waals surface area contributed by atoms with Gasteiger partial charge in [0.05, 0.1) is 18.4 Å². The van der Waals surface area contributed by atoms with Crippen molar-refractivity contribution >= 4 is 33.2 Å². The fraction of sp³-hybridized carbons (Fsp3) is 0.133. The maximum atomic E-state index is 12.6. The normalized spacial score (nSPS) is 10.2. The molecule has 0 saturated heterocycles. The summed E-state index contributed by atoms with van der Waals surface area (Å²) in [6, 6.07) is 12.5. The molecular formula is C15H15BrN2O2. The molecule has 0 aliphatic carbocycles. The zero-order valence-electron chi connectivity index (χ0n) is 11.3. The van der Waals surface area contributed by atoms with E-state index in [-0.39, 0.29) is 5.91 Å². The first-order valence-electron chi connectivity index (χ1n) is 6.00. The largest absolute Gasteiger partial charge is 0.495 e. The lowest BCUT2D eigenvalue weighted by Crippen LogP contribution is -2.27. The van der Waals surface area contributed by atoms with Crippen LogP contribution < -0.4 is 15.4 Å². The van der Waals surface area contributed by atoms with Crippen LogP contribution >= 0.6 is 15.9 Å². The van der Waals surface area contributed by atoms with Gasteiger partial charge in [-0.1, -0.05) is 12.1 Å². The summed E-state index contributed by atoms with van der Waals surface area (Å²) in [7, 11) is 3.28. The second kappa shape index (κ2) is 5.96. The summed E-state index contributed by atoms with van der Waals surface area (Å²) in [4.78, 5) is 14.1. The average molecular weight is 335 g/mol. The van der Waals surface area contributed by atoms with E-state index in [4.69, 9.17) is 10.5 Å². The number of hydrogen-bond donors (Lipinski definition) is 1. The maximum Gasteiger partial charge on any atom is 0.259 e. The number of methoxy groups -OCH3 is 1. The highest BCUT2D eigenvalue weighted by atomic mass is 79.9. The number of carbonyl (C=O) groups excluding carboxylic acids is 1. The molecule has 0 bridgehead atoms. The number of amides is 1. The third kappa shape index (κ3) is 2.77. The SMILES string of the molecule is COc1ccccc1N(C)C(=O)c1cc(N)ccc1Br. The molecule has 20 heavy (non-hydrogen) atoms. The molecular weight excluding hydrogens is 320 g/mol. The van der Waals surface area contributed by atoms with E-state index in [1.807, 2.05) is 24.3 Å². The van der Waals surface area contributed by atoms with Crippen LogP contribution in [0, 0.1) is 0 Å². The van der Waals surface area contributed by atoms with Gasteiger partial charge in [-0.25, -0.2) is 0 Å². The van der Waals surface area contributed by atoms with Gasteiger partial charge in [0, 0.05) is 17.2 Å². The Balaban J connectivity index is 2.40. The number of ether oxygens (including phenoxy) is 1. The summed E-state index contributed by atoms with van der Waals surface area (Å²) in [6.45, 7) is 0. The van der Waals surface area contributed by atoms with Gasteiger partial charge in [0.25, 0.3) is 5.91 Å². The maximum absolute atomic E-state index is 12.6. The molecule has 0 fully saturated rings. The second-order valence-electron chi connectivity index (χ2n) is 4.28. The fourth-order valence-corrected chi connectivity index (χ4v) is 2.32. The highest BCUT2D eigenvalue weighted by Gasteiger charge is 2.19. The monoisotopic (exact) mass is 334 g/mol. The van der Waals surface area contributed by atoms with Crippen LogP contribution in [-0.2, 0) is 0 Å². The van der Waals surface area contributed by atoms with Crippen LogP contribution in [0.25, 0.3) is 0 Å². The van der Waals surface area contributed by atoms with E-state index in [0.717, 1.165) is 0 Å². The summed E-state index contributed by atoms with van der Waals surface area (Å²) < 4.78 is 5.98. The Hall–Kier alpha value is -2.01. The van der Waals surface area contributed by atoms with Gasteiger partial charge in [-0.05, 0) is 46.3 Å². The van der Waals surface area contributed by atoms with E-state index >= 15 is 0 Å². The Bertz CT molecular complexity index is 644. The number of nitrogens with zero attached hydrogens (tertiary/aromatic N) is 1. The Morgan fingerprint density at radius 2 is 1.95 bits per heavy atom. The van der Waals surface area contributed by atoms with Crippen LogP contribution in [-0.4, -0.2) is 20.1 Å². The molecule has 0 aromatic heterocycles.